The fourth-order valence-electron chi connectivity index (χ4n) is 3.45. The average Bonchev–Trinajstić information content (AvgIpc) is 3.15. The minimum absolute atomic E-state index is 0.163. The number of halogens is 1. The van der Waals surface area contributed by atoms with E-state index >= 15 is 0 Å². The minimum Gasteiger partial charge on any atom is -0.493 e. The summed E-state index contributed by atoms with van der Waals surface area (Å²) in [5.41, 5.74) is 7.30. The van der Waals surface area contributed by atoms with E-state index in [1.54, 1.807) is 41.2 Å². The molecule has 0 aliphatic carbocycles. The van der Waals surface area contributed by atoms with Crippen molar-refractivity contribution in [2.45, 2.75) is 12.3 Å². The van der Waals surface area contributed by atoms with Crippen molar-refractivity contribution in [2.24, 2.45) is 5.73 Å². The van der Waals surface area contributed by atoms with Gasteiger partial charge in [0.15, 0.2) is 18.1 Å². The highest BCUT2D eigenvalue weighted by Gasteiger charge is 2.31. The lowest BCUT2D eigenvalue weighted by molar-refractivity contribution is -0.120. The van der Waals surface area contributed by atoms with Crippen LogP contribution in [0.1, 0.15) is 23.6 Å². The summed E-state index contributed by atoms with van der Waals surface area (Å²) in [7, 11) is 1.48. The van der Waals surface area contributed by atoms with E-state index in [-0.39, 0.29) is 30.7 Å². The number of amides is 2. The van der Waals surface area contributed by atoms with E-state index in [9.17, 15) is 14.0 Å². The van der Waals surface area contributed by atoms with E-state index in [1.807, 2.05) is 0 Å². The van der Waals surface area contributed by atoms with Crippen LogP contribution in [0, 0.1) is 5.82 Å². The maximum absolute atomic E-state index is 13.3. The van der Waals surface area contributed by atoms with E-state index in [2.05, 4.69) is 10.3 Å². The molecule has 1 aliphatic heterocycles. The molecule has 0 bridgehead atoms. The van der Waals surface area contributed by atoms with Crippen LogP contribution in [0.25, 0.3) is 5.69 Å². The van der Waals surface area contributed by atoms with Crippen LogP contribution in [0.2, 0.25) is 0 Å². The minimum atomic E-state index is -0.596. The number of nitrogens with zero attached hydrogens (tertiary/aromatic N) is 2. The Kier molecular flexibility index (Phi) is 5.09. The predicted molar refractivity (Wildman–Crippen MR) is 106 cm³/mol. The fraction of sp³-hybridized carbons (Fsp3) is 0.190. The molecule has 0 spiro atoms. The number of carbonyl (C=O) groups is 2. The first-order valence-corrected chi connectivity index (χ1v) is 9.18. The van der Waals surface area contributed by atoms with Crippen molar-refractivity contribution in [3.8, 4) is 17.2 Å². The van der Waals surface area contributed by atoms with Gasteiger partial charge in [-0.25, -0.2) is 9.37 Å². The molecular formula is C21H19FN4O4. The van der Waals surface area contributed by atoms with E-state index < -0.39 is 5.91 Å². The predicted octanol–water partition coefficient (Wildman–Crippen LogP) is 2.36. The maximum atomic E-state index is 13.3. The molecule has 1 aliphatic rings. The van der Waals surface area contributed by atoms with Crippen LogP contribution >= 0.6 is 0 Å². The van der Waals surface area contributed by atoms with Crippen molar-refractivity contribution in [1.29, 1.82) is 0 Å². The number of rotatable bonds is 6. The standard InChI is InChI=1S/C21H19FN4O4/c1-29-17-8-12(2-7-16(17)30-10-18(23)27)15-9-19(28)25-21-20(15)24-11-26(21)14-5-3-13(22)4-6-14/h2-8,11,15H,9-10H2,1H3,(H2,23,27)(H,25,28)/t15-/m1/s1. The molecule has 1 aromatic heterocycles. The lowest BCUT2D eigenvalue weighted by atomic mass is 9.89. The SMILES string of the molecule is COc1cc([C@H]2CC(=O)Nc3c2ncn3-c2ccc(F)cc2)ccc1OCC(N)=O. The highest BCUT2D eigenvalue weighted by Crippen LogP contribution is 2.40. The average molecular weight is 410 g/mol. The summed E-state index contributed by atoms with van der Waals surface area (Å²) >= 11 is 0. The second-order valence-electron chi connectivity index (χ2n) is 6.80. The number of hydrogen-bond donors (Lipinski definition) is 2. The number of methoxy groups -OCH3 is 1. The van der Waals surface area contributed by atoms with Crippen molar-refractivity contribution in [2.75, 3.05) is 19.0 Å². The first-order valence-electron chi connectivity index (χ1n) is 9.18. The molecule has 2 heterocycles. The molecule has 8 nitrogen and oxygen atoms in total. The van der Waals surface area contributed by atoms with Gasteiger partial charge in [0.05, 0.1) is 12.8 Å². The number of nitrogens with two attached hydrogens (primary N) is 1. The smallest absolute Gasteiger partial charge is 0.255 e. The molecule has 0 saturated carbocycles. The van der Waals surface area contributed by atoms with E-state index in [4.69, 9.17) is 15.2 Å². The van der Waals surface area contributed by atoms with E-state index in [0.29, 0.717) is 28.7 Å². The number of fused-ring (bicyclic) bond motifs is 1. The summed E-state index contributed by atoms with van der Waals surface area (Å²) in [6.07, 6.45) is 1.80. The molecule has 2 aromatic carbocycles. The largest absolute Gasteiger partial charge is 0.493 e. The quantitative estimate of drug-likeness (QED) is 0.649. The number of benzene rings is 2. The Bertz CT molecular complexity index is 1110. The van der Waals surface area contributed by atoms with Gasteiger partial charge in [-0.3, -0.25) is 14.2 Å². The molecule has 0 unspecified atom stereocenters. The van der Waals surface area contributed by atoms with Crippen molar-refractivity contribution < 1.29 is 23.5 Å². The topological polar surface area (TPSA) is 108 Å². The number of ether oxygens (including phenoxy) is 2. The molecule has 3 N–H and O–H groups in total. The van der Waals surface area contributed by atoms with Gasteiger partial charge in [-0.2, -0.15) is 0 Å². The fourth-order valence-corrected chi connectivity index (χ4v) is 3.45. The molecule has 154 valence electrons. The van der Waals surface area contributed by atoms with Gasteiger partial charge in [0.2, 0.25) is 5.91 Å². The summed E-state index contributed by atoms with van der Waals surface area (Å²) in [5, 5.41) is 2.85. The molecule has 4 rings (SSSR count). The molecular weight excluding hydrogens is 391 g/mol. The number of aromatic nitrogens is 2. The highest BCUT2D eigenvalue weighted by molar-refractivity contribution is 5.94. The molecule has 2 amide bonds. The van der Waals surface area contributed by atoms with Crippen LogP contribution in [-0.2, 0) is 9.59 Å². The van der Waals surface area contributed by atoms with Gasteiger partial charge < -0.3 is 20.5 Å². The number of imidazole rings is 1. The Morgan fingerprint density at radius 2 is 2.03 bits per heavy atom. The third-order valence-electron chi connectivity index (χ3n) is 4.84. The monoisotopic (exact) mass is 410 g/mol. The zero-order chi connectivity index (χ0) is 21.3. The summed E-state index contributed by atoms with van der Waals surface area (Å²) in [6.45, 7) is -0.270. The Morgan fingerprint density at radius 3 is 2.73 bits per heavy atom. The number of anilines is 1. The van der Waals surface area contributed by atoms with Gasteiger partial charge in [0.1, 0.15) is 18.0 Å². The Morgan fingerprint density at radius 1 is 1.27 bits per heavy atom. The van der Waals surface area contributed by atoms with Crippen LogP contribution in [0.3, 0.4) is 0 Å². The Hall–Kier alpha value is -3.88. The highest BCUT2D eigenvalue weighted by atomic mass is 19.1. The van der Waals surface area contributed by atoms with Crippen LogP contribution in [0.4, 0.5) is 10.2 Å². The van der Waals surface area contributed by atoms with Gasteiger partial charge in [-0.1, -0.05) is 6.07 Å². The van der Waals surface area contributed by atoms with E-state index in [0.717, 1.165) is 5.56 Å². The number of hydrogen-bond acceptors (Lipinski definition) is 5. The summed E-state index contributed by atoms with van der Waals surface area (Å²) < 4.78 is 25.7. The molecule has 0 saturated heterocycles. The lowest BCUT2D eigenvalue weighted by Gasteiger charge is -2.24. The van der Waals surface area contributed by atoms with Crippen molar-refractivity contribution in [3.05, 3.63) is 65.9 Å². The van der Waals surface area contributed by atoms with Gasteiger partial charge in [0.25, 0.3) is 5.91 Å². The third kappa shape index (κ3) is 3.69. The first-order chi connectivity index (χ1) is 14.5. The van der Waals surface area contributed by atoms with Gasteiger partial charge in [-0.15, -0.1) is 0 Å². The van der Waals surface area contributed by atoms with Crippen molar-refractivity contribution in [3.63, 3.8) is 0 Å². The molecule has 0 fully saturated rings. The molecule has 9 heteroatoms. The molecule has 0 radical (unpaired) electrons. The molecule has 30 heavy (non-hydrogen) atoms. The summed E-state index contributed by atoms with van der Waals surface area (Å²) in [6, 6.07) is 11.1. The Labute approximate surface area is 171 Å². The van der Waals surface area contributed by atoms with Crippen molar-refractivity contribution in [1.82, 2.24) is 9.55 Å². The zero-order valence-corrected chi connectivity index (χ0v) is 16.1. The lowest BCUT2D eigenvalue weighted by Crippen LogP contribution is -2.25. The zero-order valence-electron chi connectivity index (χ0n) is 16.1. The van der Waals surface area contributed by atoms with Crippen LogP contribution < -0.4 is 20.5 Å². The third-order valence-corrected chi connectivity index (χ3v) is 4.84. The number of nitrogens with one attached hydrogen (secondary N) is 1. The summed E-state index contributed by atoms with van der Waals surface area (Å²) in [4.78, 5) is 27.9. The first kappa shape index (κ1) is 19.4. The van der Waals surface area contributed by atoms with Crippen LogP contribution in [-0.4, -0.2) is 35.1 Å². The van der Waals surface area contributed by atoms with Crippen LogP contribution in [0.15, 0.2) is 48.8 Å². The maximum Gasteiger partial charge on any atom is 0.255 e. The normalized spacial score (nSPS) is 15.3. The van der Waals surface area contributed by atoms with Gasteiger partial charge >= 0.3 is 0 Å². The number of primary amides is 1. The second kappa shape index (κ2) is 7.86. The van der Waals surface area contributed by atoms with E-state index in [1.165, 1.54) is 19.2 Å². The Balaban J connectivity index is 1.71. The molecule has 1 atom stereocenters. The van der Waals surface area contributed by atoms with Crippen LogP contribution in [0.5, 0.6) is 11.5 Å². The second-order valence-corrected chi connectivity index (χ2v) is 6.80. The number of carbonyl (C=O) groups excluding carboxylic acids is 2. The van der Waals surface area contributed by atoms with Gasteiger partial charge in [-0.05, 0) is 42.0 Å². The van der Waals surface area contributed by atoms with Gasteiger partial charge in [0, 0.05) is 18.0 Å². The summed E-state index contributed by atoms with van der Waals surface area (Å²) in [5.74, 6) is -0.0899. The molecule has 3 aromatic rings. The van der Waals surface area contributed by atoms with Crippen molar-refractivity contribution >= 4 is 17.6 Å².